The van der Waals surface area contributed by atoms with Gasteiger partial charge in [0.15, 0.2) is 0 Å². The number of rotatable bonds is 4. The van der Waals surface area contributed by atoms with E-state index in [1.165, 1.54) is 0 Å². The normalized spacial score (nSPS) is 11.1. The SMILES string of the molecule is N#Cc1cc(-c2cc(-c3ccccc3C#N)cc(-n3c4ccccc4c4ccccc43)c2)cc(-n2c3ccccc3c3cc(C#N)ccc32)c1. The molecular formula is C45H25N5. The Bertz CT molecular complexity index is 2920. The summed E-state index contributed by atoms with van der Waals surface area (Å²) in [5.74, 6) is 0. The Labute approximate surface area is 287 Å². The summed E-state index contributed by atoms with van der Waals surface area (Å²) >= 11 is 0. The van der Waals surface area contributed by atoms with Crippen LogP contribution in [0, 0.1) is 34.0 Å². The van der Waals surface area contributed by atoms with E-state index in [0.717, 1.165) is 77.2 Å². The minimum Gasteiger partial charge on any atom is -0.309 e. The molecule has 50 heavy (non-hydrogen) atoms. The van der Waals surface area contributed by atoms with Crippen molar-refractivity contribution in [3.63, 3.8) is 0 Å². The molecule has 0 amide bonds. The number of nitrogens with zero attached hydrogens (tertiary/aromatic N) is 5. The second-order valence-corrected chi connectivity index (χ2v) is 12.4. The molecule has 0 saturated carbocycles. The van der Waals surface area contributed by atoms with Crippen molar-refractivity contribution in [1.82, 2.24) is 9.13 Å². The summed E-state index contributed by atoms with van der Waals surface area (Å²) in [7, 11) is 0. The fourth-order valence-electron chi connectivity index (χ4n) is 7.39. The molecule has 0 aliphatic carbocycles. The van der Waals surface area contributed by atoms with Crippen molar-refractivity contribution in [2.24, 2.45) is 0 Å². The number of nitriles is 3. The molecule has 9 rings (SSSR count). The van der Waals surface area contributed by atoms with Crippen LogP contribution in [-0.4, -0.2) is 9.13 Å². The monoisotopic (exact) mass is 635 g/mol. The highest BCUT2D eigenvalue weighted by molar-refractivity contribution is 6.10. The van der Waals surface area contributed by atoms with Crippen LogP contribution in [0.5, 0.6) is 0 Å². The van der Waals surface area contributed by atoms with Gasteiger partial charge in [0.05, 0.1) is 57.0 Å². The Morgan fingerprint density at radius 2 is 0.860 bits per heavy atom. The predicted molar refractivity (Wildman–Crippen MR) is 200 cm³/mol. The lowest BCUT2D eigenvalue weighted by Crippen LogP contribution is -1.98. The Morgan fingerprint density at radius 1 is 0.360 bits per heavy atom. The van der Waals surface area contributed by atoms with E-state index in [2.05, 4.69) is 112 Å². The minimum atomic E-state index is 0.526. The van der Waals surface area contributed by atoms with E-state index in [4.69, 9.17) is 0 Å². The van der Waals surface area contributed by atoms with E-state index in [0.29, 0.717) is 16.7 Å². The predicted octanol–water partition coefficient (Wildman–Crippen LogP) is 10.8. The van der Waals surface area contributed by atoms with Gasteiger partial charge < -0.3 is 9.13 Å². The summed E-state index contributed by atoms with van der Waals surface area (Å²) in [6.45, 7) is 0. The largest absolute Gasteiger partial charge is 0.309 e. The van der Waals surface area contributed by atoms with Crippen LogP contribution >= 0.6 is 0 Å². The summed E-state index contributed by atoms with van der Waals surface area (Å²) in [4.78, 5) is 0. The summed E-state index contributed by atoms with van der Waals surface area (Å²) in [5.41, 5.74) is 11.1. The lowest BCUT2D eigenvalue weighted by Gasteiger charge is -2.16. The first-order chi connectivity index (χ1) is 24.6. The molecule has 0 saturated heterocycles. The zero-order valence-electron chi connectivity index (χ0n) is 26.7. The van der Waals surface area contributed by atoms with Crippen LogP contribution in [0.3, 0.4) is 0 Å². The molecule has 0 spiro atoms. The van der Waals surface area contributed by atoms with E-state index in [-0.39, 0.29) is 0 Å². The van der Waals surface area contributed by atoms with Crippen LogP contribution in [-0.2, 0) is 0 Å². The zero-order chi connectivity index (χ0) is 33.8. The van der Waals surface area contributed by atoms with Crippen LogP contribution < -0.4 is 0 Å². The lowest BCUT2D eigenvalue weighted by atomic mass is 9.94. The number of hydrogen-bond acceptors (Lipinski definition) is 3. The highest BCUT2D eigenvalue weighted by atomic mass is 15.0. The first-order valence-electron chi connectivity index (χ1n) is 16.3. The third-order valence-electron chi connectivity index (χ3n) is 9.55. The van der Waals surface area contributed by atoms with E-state index in [9.17, 15) is 15.8 Å². The third kappa shape index (κ3) is 4.45. The fraction of sp³-hybridized carbons (Fsp3) is 0. The Hall–Kier alpha value is -7.39. The molecule has 230 valence electrons. The average molecular weight is 636 g/mol. The number of hydrogen-bond donors (Lipinski definition) is 0. The number of para-hydroxylation sites is 3. The van der Waals surface area contributed by atoms with E-state index < -0.39 is 0 Å². The molecule has 2 aromatic heterocycles. The molecular weight excluding hydrogens is 611 g/mol. The van der Waals surface area contributed by atoms with Crippen molar-refractivity contribution in [3.8, 4) is 51.8 Å². The Balaban J connectivity index is 1.34. The maximum absolute atomic E-state index is 10.3. The van der Waals surface area contributed by atoms with Gasteiger partial charge in [-0.2, -0.15) is 15.8 Å². The maximum atomic E-state index is 10.3. The summed E-state index contributed by atoms with van der Waals surface area (Å²) in [5, 5.41) is 34.4. The van der Waals surface area contributed by atoms with Gasteiger partial charge >= 0.3 is 0 Å². The van der Waals surface area contributed by atoms with Gasteiger partial charge in [-0.3, -0.25) is 0 Å². The molecule has 2 heterocycles. The van der Waals surface area contributed by atoms with Crippen molar-refractivity contribution >= 4 is 43.6 Å². The molecule has 0 atom stereocenters. The zero-order valence-corrected chi connectivity index (χ0v) is 26.7. The van der Waals surface area contributed by atoms with E-state index >= 15 is 0 Å². The second kappa shape index (κ2) is 11.4. The van der Waals surface area contributed by atoms with Gasteiger partial charge in [-0.1, -0.05) is 72.8 Å². The number of benzene rings is 7. The quantitative estimate of drug-likeness (QED) is 0.193. The summed E-state index contributed by atoms with van der Waals surface area (Å²) in [6.07, 6.45) is 0. The van der Waals surface area contributed by atoms with Crippen LogP contribution in [0.4, 0.5) is 0 Å². The molecule has 7 aromatic carbocycles. The van der Waals surface area contributed by atoms with Crippen molar-refractivity contribution in [3.05, 3.63) is 168 Å². The number of aromatic nitrogens is 2. The Morgan fingerprint density at radius 3 is 1.48 bits per heavy atom. The van der Waals surface area contributed by atoms with Crippen molar-refractivity contribution < 1.29 is 0 Å². The first kappa shape index (κ1) is 28.8. The van der Waals surface area contributed by atoms with E-state index in [1.807, 2.05) is 66.7 Å². The topological polar surface area (TPSA) is 81.2 Å². The minimum absolute atomic E-state index is 0.526. The van der Waals surface area contributed by atoms with Gasteiger partial charge in [0.25, 0.3) is 0 Å². The first-order valence-corrected chi connectivity index (χ1v) is 16.3. The molecule has 0 unspecified atom stereocenters. The summed E-state index contributed by atoms with van der Waals surface area (Å²) in [6, 6.07) is 57.8. The molecule has 0 aliphatic heterocycles. The van der Waals surface area contributed by atoms with Crippen LogP contribution in [0.2, 0.25) is 0 Å². The molecule has 5 heteroatoms. The molecule has 0 N–H and O–H groups in total. The van der Waals surface area contributed by atoms with Gasteiger partial charge in [0, 0.05) is 32.9 Å². The highest BCUT2D eigenvalue weighted by Gasteiger charge is 2.18. The average Bonchev–Trinajstić information content (AvgIpc) is 3.70. The van der Waals surface area contributed by atoms with Gasteiger partial charge in [-0.25, -0.2) is 0 Å². The molecule has 9 aromatic rings. The van der Waals surface area contributed by atoms with Crippen LogP contribution in [0.15, 0.2) is 152 Å². The van der Waals surface area contributed by atoms with Gasteiger partial charge in [-0.15, -0.1) is 0 Å². The third-order valence-corrected chi connectivity index (χ3v) is 9.55. The summed E-state index contributed by atoms with van der Waals surface area (Å²) < 4.78 is 4.44. The van der Waals surface area contributed by atoms with Crippen molar-refractivity contribution in [2.75, 3.05) is 0 Å². The fourth-order valence-corrected chi connectivity index (χ4v) is 7.39. The van der Waals surface area contributed by atoms with Crippen LogP contribution in [0.1, 0.15) is 16.7 Å². The van der Waals surface area contributed by atoms with Gasteiger partial charge in [0.2, 0.25) is 0 Å². The molecule has 0 aliphatic rings. The molecule has 0 fully saturated rings. The highest BCUT2D eigenvalue weighted by Crippen LogP contribution is 2.39. The van der Waals surface area contributed by atoms with E-state index in [1.54, 1.807) is 0 Å². The maximum Gasteiger partial charge on any atom is 0.0998 e. The lowest BCUT2D eigenvalue weighted by molar-refractivity contribution is 1.17. The van der Waals surface area contributed by atoms with Gasteiger partial charge in [-0.05, 0) is 101 Å². The molecule has 5 nitrogen and oxygen atoms in total. The number of fused-ring (bicyclic) bond motifs is 6. The smallest absolute Gasteiger partial charge is 0.0998 e. The van der Waals surface area contributed by atoms with Crippen molar-refractivity contribution in [2.45, 2.75) is 0 Å². The van der Waals surface area contributed by atoms with Crippen LogP contribution in [0.25, 0.3) is 77.2 Å². The van der Waals surface area contributed by atoms with Gasteiger partial charge in [0.1, 0.15) is 0 Å². The standard InChI is InChI=1S/C45H25N5/c46-26-29-17-18-45-41(21-29)40-13-5-8-16-44(40)49(45)35-20-30(27-47)19-32(23-35)33-22-34(37-10-2-1-9-31(37)28-48)25-36(24-33)50-42-14-6-3-11-38(42)39-12-4-7-15-43(39)50/h1-25H. The molecule has 0 bridgehead atoms. The molecule has 0 radical (unpaired) electrons. The second-order valence-electron chi connectivity index (χ2n) is 12.4. The Kier molecular flexibility index (Phi) is 6.56. The van der Waals surface area contributed by atoms with Crippen molar-refractivity contribution in [1.29, 1.82) is 15.8 Å².